The zero-order chi connectivity index (χ0) is 32.2. The lowest BCUT2D eigenvalue weighted by Gasteiger charge is -2.33. The summed E-state index contributed by atoms with van der Waals surface area (Å²) in [4.78, 5) is 17.6. The Morgan fingerprint density at radius 3 is 1.76 bits per heavy atom. The second kappa shape index (κ2) is 12.6. The fourth-order valence-electron chi connectivity index (χ4n) is 2.53. The molecule has 2 rings (SSSR count). The van der Waals surface area contributed by atoms with Crippen molar-refractivity contribution in [3.63, 3.8) is 0 Å². The zero-order valence-electron chi connectivity index (χ0n) is 19.9. The number of benzene rings is 1. The van der Waals surface area contributed by atoms with Crippen molar-refractivity contribution in [1.29, 1.82) is 0 Å². The van der Waals surface area contributed by atoms with Crippen LogP contribution in [-0.2, 0) is 18.9 Å². The van der Waals surface area contributed by atoms with E-state index in [0.29, 0.717) is 5.56 Å². The predicted molar refractivity (Wildman–Crippen MR) is 106 cm³/mol. The van der Waals surface area contributed by atoms with Gasteiger partial charge in [-0.25, -0.2) is 23.6 Å². The van der Waals surface area contributed by atoms with Crippen LogP contribution in [0.2, 0.25) is 0 Å². The van der Waals surface area contributed by atoms with Crippen molar-refractivity contribution in [3.05, 3.63) is 46.9 Å². The van der Waals surface area contributed by atoms with Gasteiger partial charge in [0.2, 0.25) is 0 Å². The molecule has 1 heterocycles. The lowest BCUT2D eigenvalue weighted by atomic mass is 10.2. The number of halogens is 14. The summed E-state index contributed by atoms with van der Waals surface area (Å²) in [5.41, 5.74) is -0.0502. The number of rotatable bonds is 15. The molecule has 0 amide bonds. The summed E-state index contributed by atoms with van der Waals surface area (Å²) in [5.74, 6) is 0.171. The Morgan fingerprint density at radius 1 is 0.714 bits per heavy atom. The fourth-order valence-corrected chi connectivity index (χ4v) is 2.53. The summed E-state index contributed by atoms with van der Waals surface area (Å²) in [7, 11) is 0. The lowest BCUT2D eigenvalue weighted by molar-refractivity contribution is -0.564. The summed E-state index contributed by atoms with van der Waals surface area (Å²) >= 11 is 0. The minimum absolute atomic E-state index is 0.00164. The van der Waals surface area contributed by atoms with Crippen molar-refractivity contribution < 1.29 is 85.2 Å². The van der Waals surface area contributed by atoms with Crippen molar-refractivity contribution in [2.45, 2.75) is 43.1 Å². The number of aromatic nitrogens is 2. The maximum atomic E-state index is 13.9. The molecule has 1 N–H and O–H groups in total. The third-order valence-electron chi connectivity index (χ3n) is 4.25. The van der Waals surface area contributed by atoms with Crippen LogP contribution in [0.5, 0.6) is 5.75 Å². The molecule has 2 aromatic rings. The van der Waals surface area contributed by atoms with Gasteiger partial charge in [0.1, 0.15) is 24.8 Å². The molecule has 0 aliphatic heterocycles. The molecule has 0 aliphatic rings. The molecule has 0 bridgehead atoms. The monoisotopic (exact) mass is 644 g/mol. The highest BCUT2D eigenvalue weighted by atomic mass is 19.4. The van der Waals surface area contributed by atoms with E-state index >= 15 is 0 Å². The number of hydrogen-bond donors (Lipinski definition) is 1. The number of hydrogen-bond acceptors (Lipinski definition) is 7. The van der Waals surface area contributed by atoms with Crippen LogP contribution in [0.3, 0.4) is 0 Å². The van der Waals surface area contributed by atoms with Gasteiger partial charge in [0.15, 0.2) is 6.17 Å². The minimum Gasteiger partial charge on any atom is -0.490 e. The zero-order valence-corrected chi connectivity index (χ0v) is 19.9. The van der Waals surface area contributed by atoms with E-state index in [-0.39, 0.29) is 11.6 Å². The SMILES string of the molecule is O=c1ccnc(-c2ccc(OC[C@@H](F)COCC(F)(F)OC(F)(F)C(F)(F)OC(F)(F)C(F)(F)OC(F)(F)F)cc2)[nH]1. The molecule has 0 saturated heterocycles. The number of H-pyrrole nitrogens is 1. The first-order valence-corrected chi connectivity index (χ1v) is 10.5. The fraction of sp³-hybridized carbons (Fsp3) is 0.500. The molecule has 22 heteroatoms. The van der Waals surface area contributed by atoms with Gasteiger partial charge in [-0.05, 0) is 24.3 Å². The van der Waals surface area contributed by atoms with Gasteiger partial charge >= 0.3 is 36.9 Å². The van der Waals surface area contributed by atoms with Crippen molar-refractivity contribution >= 4 is 0 Å². The largest absolute Gasteiger partial charge is 0.527 e. The van der Waals surface area contributed by atoms with E-state index < -0.39 is 68.5 Å². The summed E-state index contributed by atoms with van der Waals surface area (Å²) in [5, 5.41) is 0. The summed E-state index contributed by atoms with van der Waals surface area (Å²) in [6.07, 6.45) is -41.4. The van der Waals surface area contributed by atoms with E-state index in [0.717, 1.165) is 6.07 Å². The van der Waals surface area contributed by atoms with Crippen molar-refractivity contribution in [2.75, 3.05) is 19.8 Å². The Labute approximate surface area is 223 Å². The van der Waals surface area contributed by atoms with Crippen LogP contribution in [0.25, 0.3) is 11.4 Å². The summed E-state index contributed by atoms with van der Waals surface area (Å²) in [6.45, 7) is -4.72. The van der Waals surface area contributed by atoms with Gasteiger partial charge in [0, 0.05) is 17.8 Å². The molecule has 1 aromatic heterocycles. The van der Waals surface area contributed by atoms with Crippen LogP contribution in [0, 0.1) is 0 Å². The molecular weight excluding hydrogens is 630 g/mol. The first kappa shape index (κ1) is 35.0. The lowest BCUT2D eigenvalue weighted by Crippen LogP contribution is -2.57. The van der Waals surface area contributed by atoms with Crippen LogP contribution in [0.15, 0.2) is 41.3 Å². The molecule has 0 radical (unpaired) electrons. The number of alkyl halides is 14. The van der Waals surface area contributed by atoms with Gasteiger partial charge < -0.3 is 14.5 Å². The molecule has 0 saturated carbocycles. The highest BCUT2D eigenvalue weighted by Gasteiger charge is 2.74. The Balaban J connectivity index is 1.88. The molecule has 1 aromatic carbocycles. The molecule has 1 atom stereocenters. The molecule has 0 unspecified atom stereocenters. The topological polar surface area (TPSA) is 91.9 Å². The van der Waals surface area contributed by atoms with E-state index in [1.807, 2.05) is 0 Å². The van der Waals surface area contributed by atoms with Gasteiger partial charge in [-0.3, -0.25) is 4.79 Å². The minimum atomic E-state index is -7.16. The summed E-state index contributed by atoms with van der Waals surface area (Å²) < 4.78 is 196. The molecule has 0 spiro atoms. The normalized spacial score (nSPS) is 14.6. The maximum absolute atomic E-state index is 13.9. The van der Waals surface area contributed by atoms with E-state index in [4.69, 9.17) is 4.74 Å². The van der Waals surface area contributed by atoms with Gasteiger partial charge in [-0.2, -0.15) is 43.9 Å². The van der Waals surface area contributed by atoms with Crippen molar-refractivity contribution in [2.24, 2.45) is 0 Å². The molecular formula is C20H14F14N2O6. The van der Waals surface area contributed by atoms with Crippen LogP contribution in [0.1, 0.15) is 0 Å². The van der Waals surface area contributed by atoms with Crippen LogP contribution < -0.4 is 10.3 Å². The summed E-state index contributed by atoms with van der Waals surface area (Å²) in [6, 6.07) is 6.47. The number of nitrogens with one attached hydrogen (secondary N) is 1. The molecule has 0 fully saturated rings. The average Bonchev–Trinajstić information content (AvgIpc) is 2.80. The second-order valence-corrected chi connectivity index (χ2v) is 7.69. The Bertz CT molecular complexity index is 1220. The van der Waals surface area contributed by atoms with Crippen molar-refractivity contribution in [1.82, 2.24) is 9.97 Å². The third kappa shape index (κ3) is 9.94. The Morgan fingerprint density at radius 2 is 1.24 bits per heavy atom. The van der Waals surface area contributed by atoms with Crippen molar-refractivity contribution in [3.8, 4) is 17.1 Å². The molecule has 0 aliphatic carbocycles. The Hall–Kier alpha value is -3.24. The predicted octanol–water partition coefficient (Wildman–Crippen LogP) is 5.70. The van der Waals surface area contributed by atoms with Crippen LogP contribution in [0.4, 0.5) is 61.5 Å². The number of ether oxygens (including phenoxy) is 5. The van der Waals surface area contributed by atoms with Gasteiger partial charge in [-0.1, -0.05) is 0 Å². The first-order valence-electron chi connectivity index (χ1n) is 10.5. The smallest absolute Gasteiger partial charge is 0.490 e. The van der Waals surface area contributed by atoms with E-state index in [1.54, 1.807) is 9.47 Å². The third-order valence-corrected chi connectivity index (χ3v) is 4.25. The van der Waals surface area contributed by atoms with E-state index in [2.05, 4.69) is 19.4 Å². The van der Waals surface area contributed by atoms with Gasteiger partial charge in [-0.15, -0.1) is 13.2 Å². The van der Waals surface area contributed by atoms with Crippen LogP contribution >= 0.6 is 0 Å². The van der Waals surface area contributed by atoms with Gasteiger partial charge in [0.25, 0.3) is 5.56 Å². The number of aromatic amines is 1. The average molecular weight is 644 g/mol. The standard InChI is InChI=1S/C20H14F14N2O6/c21-11(8-39-12-3-1-10(2-4-12)14-35-6-5-13(37)36-14)7-38-9-15(22,23)40-16(24,25)17(26,27)41-18(28,29)19(30,31)42-20(32,33)34/h1-6,11H,7-9H2,(H,35,36,37)/t11-/m0/s1. The molecule has 8 nitrogen and oxygen atoms in total. The first-order chi connectivity index (χ1) is 19.0. The highest BCUT2D eigenvalue weighted by Crippen LogP contribution is 2.48. The quantitative estimate of drug-likeness (QED) is 0.249. The molecule has 42 heavy (non-hydrogen) atoms. The Kier molecular flexibility index (Phi) is 10.4. The number of nitrogens with zero attached hydrogens (tertiary/aromatic N) is 1. The van der Waals surface area contributed by atoms with Crippen LogP contribution in [-0.4, -0.2) is 72.9 Å². The van der Waals surface area contributed by atoms with E-state index in [9.17, 15) is 66.3 Å². The van der Waals surface area contributed by atoms with E-state index in [1.165, 1.54) is 30.5 Å². The second-order valence-electron chi connectivity index (χ2n) is 7.69. The highest BCUT2D eigenvalue weighted by molar-refractivity contribution is 5.55. The van der Waals surface area contributed by atoms with Gasteiger partial charge in [0.05, 0.1) is 6.61 Å². The molecule has 238 valence electrons. The maximum Gasteiger partial charge on any atom is 0.527 e.